The van der Waals surface area contributed by atoms with Gasteiger partial charge in [0.25, 0.3) is 0 Å². The Morgan fingerprint density at radius 1 is 0.690 bits per heavy atom. The Morgan fingerprint density at radius 2 is 1.17 bits per heavy atom. The van der Waals surface area contributed by atoms with E-state index in [1.807, 2.05) is 0 Å². The van der Waals surface area contributed by atoms with Gasteiger partial charge in [-0.15, -0.1) is 0 Å². The molecule has 1 aliphatic carbocycles. The topological polar surface area (TPSA) is 9.23 Å². The van der Waals surface area contributed by atoms with Crippen LogP contribution in [0.15, 0.2) is 78.9 Å². The highest BCUT2D eigenvalue weighted by atomic mass is 16.5. The maximum absolute atomic E-state index is 5.32. The minimum Gasteiger partial charge on any atom is -0.497 e. The molecule has 1 fully saturated rings. The lowest BCUT2D eigenvalue weighted by atomic mass is 9.90. The summed E-state index contributed by atoms with van der Waals surface area (Å²) >= 11 is 0. The maximum atomic E-state index is 5.32. The molecule has 4 rings (SSSR count). The van der Waals surface area contributed by atoms with Crippen LogP contribution in [0.3, 0.4) is 0 Å². The molecule has 0 bridgehead atoms. The Labute approximate surface area is 175 Å². The van der Waals surface area contributed by atoms with E-state index in [0.29, 0.717) is 11.8 Å². The average Bonchev–Trinajstić information content (AvgIpc) is 3.59. The molecule has 0 aromatic heterocycles. The molecule has 1 heteroatoms. The van der Waals surface area contributed by atoms with Crippen LogP contribution in [0.4, 0.5) is 0 Å². The second-order valence-corrected chi connectivity index (χ2v) is 7.87. The molecule has 1 saturated carbocycles. The molecule has 0 N–H and O–H groups in total. The van der Waals surface area contributed by atoms with Crippen LogP contribution in [0.2, 0.25) is 0 Å². The molecule has 3 aromatic rings. The summed E-state index contributed by atoms with van der Waals surface area (Å²) in [5.74, 6) is 2.27. The summed E-state index contributed by atoms with van der Waals surface area (Å²) in [6.07, 6.45) is 3.33. The summed E-state index contributed by atoms with van der Waals surface area (Å²) in [7, 11) is 1.72. The number of allylic oxidation sites excluding steroid dienone is 2. The van der Waals surface area contributed by atoms with Gasteiger partial charge in [0.15, 0.2) is 0 Å². The molecule has 0 saturated heterocycles. The second kappa shape index (κ2) is 8.69. The number of methoxy groups -OCH3 is 1. The van der Waals surface area contributed by atoms with Crippen molar-refractivity contribution in [1.29, 1.82) is 0 Å². The summed E-state index contributed by atoms with van der Waals surface area (Å²) in [6.45, 7) is 4.51. The van der Waals surface area contributed by atoms with Crippen LogP contribution in [0.25, 0.3) is 11.1 Å². The van der Waals surface area contributed by atoms with Gasteiger partial charge in [-0.3, -0.25) is 0 Å². The number of benzene rings is 3. The monoisotopic (exact) mass is 382 g/mol. The predicted molar refractivity (Wildman–Crippen MR) is 123 cm³/mol. The van der Waals surface area contributed by atoms with Gasteiger partial charge in [-0.25, -0.2) is 0 Å². The highest BCUT2D eigenvalue weighted by molar-refractivity contribution is 5.90. The van der Waals surface area contributed by atoms with Crippen molar-refractivity contribution < 1.29 is 4.74 Å². The first kappa shape index (κ1) is 19.5. The Kier molecular flexibility index (Phi) is 5.85. The summed E-state index contributed by atoms with van der Waals surface area (Å²) in [4.78, 5) is 0. The molecule has 1 aliphatic rings. The van der Waals surface area contributed by atoms with Crippen LogP contribution in [-0.2, 0) is 0 Å². The van der Waals surface area contributed by atoms with Crippen molar-refractivity contribution in [2.75, 3.05) is 7.11 Å². The second-order valence-electron chi connectivity index (χ2n) is 7.87. The summed E-state index contributed by atoms with van der Waals surface area (Å²) in [6, 6.07) is 28.7. The Morgan fingerprint density at radius 3 is 1.66 bits per heavy atom. The number of hydrogen-bond donors (Lipinski definition) is 0. The predicted octanol–water partition coefficient (Wildman–Crippen LogP) is 7.70. The van der Waals surface area contributed by atoms with Crippen molar-refractivity contribution in [3.05, 3.63) is 101 Å². The lowest BCUT2D eigenvalue weighted by molar-refractivity contribution is 0.415. The van der Waals surface area contributed by atoms with Crippen molar-refractivity contribution in [3.8, 4) is 5.75 Å². The van der Waals surface area contributed by atoms with Crippen LogP contribution in [0.5, 0.6) is 5.75 Å². The highest BCUT2D eigenvalue weighted by Gasteiger charge is 2.39. The third-order valence-electron chi connectivity index (χ3n) is 6.22. The number of rotatable bonds is 7. The molecule has 0 amide bonds. The van der Waals surface area contributed by atoms with E-state index in [1.165, 1.54) is 39.8 Å². The zero-order chi connectivity index (χ0) is 20.2. The first-order valence-corrected chi connectivity index (χ1v) is 10.8. The van der Waals surface area contributed by atoms with Gasteiger partial charge >= 0.3 is 0 Å². The van der Waals surface area contributed by atoms with E-state index in [-0.39, 0.29) is 0 Å². The minimum absolute atomic E-state index is 0.674. The Hall–Kier alpha value is -2.80. The maximum Gasteiger partial charge on any atom is 0.118 e. The summed E-state index contributed by atoms with van der Waals surface area (Å²) < 4.78 is 5.32. The quantitative estimate of drug-likeness (QED) is 0.380. The lowest BCUT2D eigenvalue weighted by Gasteiger charge is -2.15. The molecule has 29 heavy (non-hydrogen) atoms. The molecule has 2 atom stereocenters. The number of hydrogen-bond acceptors (Lipinski definition) is 1. The van der Waals surface area contributed by atoms with E-state index in [4.69, 9.17) is 4.74 Å². The third-order valence-corrected chi connectivity index (χ3v) is 6.22. The molecule has 0 aliphatic heterocycles. The summed E-state index contributed by atoms with van der Waals surface area (Å²) in [5, 5.41) is 0. The average molecular weight is 383 g/mol. The molecule has 148 valence electrons. The number of ether oxygens (including phenoxy) is 1. The van der Waals surface area contributed by atoms with Crippen LogP contribution in [0, 0.1) is 0 Å². The van der Waals surface area contributed by atoms with E-state index in [0.717, 1.165) is 18.6 Å². The van der Waals surface area contributed by atoms with Crippen LogP contribution in [-0.4, -0.2) is 7.11 Å². The van der Waals surface area contributed by atoms with E-state index in [9.17, 15) is 0 Å². The smallest absolute Gasteiger partial charge is 0.118 e. The highest BCUT2D eigenvalue weighted by Crippen LogP contribution is 2.54. The van der Waals surface area contributed by atoms with Gasteiger partial charge in [0.05, 0.1) is 7.11 Å². The van der Waals surface area contributed by atoms with Gasteiger partial charge in [0, 0.05) is 0 Å². The molecule has 0 heterocycles. The zero-order valence-corrected chi connectivity index (χ0v) is 17.7. The van der Waals surface area contributed by atoms with E-state index < -0.39 is 0 Å². The fourth-order valence-electron chi connectivity index (χ4n) is 4.54. The van der Waals surface area contributed by atoms with Crippen LogP contribution in [0.1, 0.15) is 67.2 Å². The molecular formula is C28H30O. The van der Waals surface area contributed by atoms with Gasteiger partial charge in [-0.05, 0) is 76.6 Å². The van der Waals surface area contributed by atoms with Crippen molar-refractivity contribution >= 4 is 11.1 Å². The molecule has 0 spiro atoms. The molecule has 3 aromatic carbocycles. The van der Waals surface area contributed by atoms with Gasteiger partial charge in [0.2, 0.25) is 0 Å². The van der Waals surface area contributed by atoms with Crippen molar-refractivity contribution in [2.45, 2.75) is 44.9 Å². The fourth-order valence-corrected chi connectivity index (χ4v) is 4.54. The third kappa shape index (κ3) is 4.15. The Bertz CT molecular complexity index is 965. The Balaban J connectivity index is 1.58. The van der Waals surface area contributed by atoms with Crippen molar-refractivity contribution in [3.63, 3.8) is 0 Å². The first-order chi connectivity index (χ1) is 14.2. The van der Waals surface area contributed by atoms with Crippen molar-refractivity contribution in [2.24, 2.45) is 0 Å². The normalized spacial score (nSPS) is 18.9. The first-order valence-electron chi connectivity index (χ1n) is 10.8. The lowest BCUT2D eigenvalue weighted by Crippen LogP contribution is -1.93. The SMILES string of the molecule is CC/C(=C(/CC)c1ccc(C2CC2c2ccccc2)cc1)c1ccc(OC)cc1. The molecule has 1 nitrogen and oxygen atoms in total. The zero-order valence-electron chi connectivity index (χ0n) is 17.7. The molecule has 2 unspecified atom stereocenters. The largest absolute Gasteiger partial charge is 0.497 e. The molecule has 0 radical (unpaired) electrons. The minimum atomic E-state index is 0.674. The van der Waals surface area contributed by atoms with Gasteiger partial charge in [-0.2, -0.15) is 0 Å². The van der Waals surface area contributed by atoms with Crippen molar-refractivity contribution in [1.82, 2.24) is 0 Å². The molecular weight excluding hydrogens is 352 g/mol. The van der Waals surface area contributed by atoms with Gasteiger partial charge in [0.1, 0.15) is 5.75 Å². The van der Waals surface area contributed by atoms with E-state index >= 15 is 0 Å². The van der Waals surface area contributed by atoms with Crippen LogP contribution >= 0.6 is 0 Å². The standard InChI is InChI=1S/C28H30O/c1-4-25(26(5-2)22-15-17-24(29-3)18-16-22)21-11-13-23(14-12-21)28-19-27(28)20-9-7-6-8-10-20/h6-18,27-28H,4-5,19H2,1-3H3/b26-25+. The summed E-state index contributed by atoms with van der Waals surface area (Å²) in [5.41, 5.74) is 8.46. The van der Waals surface area contributed by atoms with E-state index in [2.05, 4.69) is 92.7 Å². The van der Waals surface area contributed by atoms with E-state index in [1.54, 1.807) is 7.11 Å². The van der Waals surface area contributed by atoms with Gasteiger partial charge in [-0.1, -0.05) is 80.6 Å². The fraction of sp³-hybridized carbons (Fsp3) is 0.286. The van der Waals surface area contributed by atoms with Gasteiger partial charge < -0.3 is 4.74 Å². The van der Waals surface area contributed by atoms with Crippen LogP contribution < -0.4 is 4.74 Å².